The molecular formula is C14H22N2O. The van der Waals surface area contributed by atoms with Crippen molar-refractivity contribution in [2.24, 2.45) is 5.73 Å². The number of nitrogens with one attached hydrogen (secondary N) is 1. The van der Waals surface area contributed by atoms with Crippen LogP contribution in [0.3, 0.4) is 0 Å². The van der Waals surface area contributed by atoms with Gasteiger partial charge in [-0.2, -0.15) is 0 Å². The summed E-state index contributed by atoms with van der Waals surface area (Å²) >= 11 is 0. The maximum Gasteiger partial charge on any atom is 0.119 e. The maximum absolute atomic E-state index is 5.78. The molecule has 0 bridgehead atoms. The SMILES string of the molecule is C=CCCNC(CN)c1cccc(OCC)c1. The molecule has 17 heavy (non-hydrogen) atoms. The molecule has 0 spiro atoms. The molecule has 0 saturated carbocycles. The molecule has 0 heterocycles. The van der Waals surface area contributed by atoms with Crippen LogP contribution >= 0.6 is 0 Å². The molecular weight excluding hydrogens is 212 g/mol. The third kappa shape index (κ3) is 4.59. The van der Waals surface area contributed by atoms with Crippen LogP contribution in [0.1, 0.15) is 24.9 Å². The summed E-state index contributed by atoms with van der Waals surface area (Å²) in [6.07, 6.45) is 2.85. The predicted octanol–water partition coefficient (Wildman–Crippen LogP) is 2.25. The average molecular weight is 234 g/mol. The van der Waals surface area contributed by atoms with E-state index in [0.29, 0.717) is 13.2 Å². The second kappa shape index (κ2) is 7.87. The van der Waals surface area contributed by atoms with Gasteiger partial charge in [-0.15, -0.1) is 6.58 Å². The number of hydrogen-bond donors (Lipinski definition) is 2. The number of rotatable bonds is 8. The molecule has 1 atom stereocenters. The fourth-order valence-corrected chi connectivity index (χ4v) is 1.68. The summed E-state index contributed by atoms with van der Waals surface area (Å²) in [5.74, 6) is 0.897. The molecule has 0 aromatic heterocycles. The Morgan fingerprint density at radius 3 is 3.00 bits per heavy atom. The molecule has 3 N–H and O–H groups in total. The van der Waals surface area contributed by atoms with Gasteiger partial charge in [-0.1, -0.05) is 18.2 Å². The highest BCUT2D eigenvalue weighted by Crippen LogP contribution is 2.18. The standard InChI is InChI=1S/C14H22N2O/c1-3-5-9-16-14(11-15)12-7-6-8-13(10-12)17-4-2/h3,6-8,10,14,16H,1,4-5,9,11,15H2,2H3. The number of nitrogens with two attached hydrogens (primary N) is 1. The second-order valence-corrected chi connectivity index (χ2v) is 3.83. The minimum atomic E-state index is 0.176. The van der Waals surface area contributed by atoms with E-state index in [1.807, 2.05) is 31.2 Å². The Kier molecular flexibility index (Phi) is 6.37. The van der Waals surface area contributed by atoms with E-state index in [1.165, 1.54) is 5.56 Å². The fourth-order valence-electron chi connectivity index (χ4n) is 1.68. The Morgan fingerprint density at radius 1 is 1.53 bits per heavy atom. The Balaban J connectivity index is 2.66. The van der Waals surface area contributed by atoms with Crippen LogP contribution in [0.5, 0.6) is 5.75 Å². The lowest BCUT2D eigenvalue weighted by Crippen LogP contribution is -2.28. The lowest BCUT2D eigenvalue weighted by molar-refractivity contribution is 0.339. The zero-order valence-corrected chi connectivity index (χ0v) is 10.5. The molecule has 0 aliphatic rings. The monoisotopic (exact) mass is 234 g/mol. The van der Waals surface area contributed by atoms with Crippen molar-refractivity contribution in [2.75, 3.05) is 19.7 Å². The van der Waals surface area contributed by atoms with Gasteiger partial charge in [0.1, 0.15) is 5.75 Å². The zero-order valence-electron chi connectivity index (χ0n) is 10.5. The molecule has 0 aliphatic carbocycles. The molecule has 0 fully saturated rings. The first-order chi connectivity index (χ1) is 8.31. The average Bonchev–Trinajstić information content (AvgIpc) is 2.35. The van der Waals surface area contributed by atoms with E-state index in [4.69, 9.17) is 10.5 Å². The van der Waals surface area contributed by atoms with Crippen LogP contribution in [-0.4, -0.2) is 19.7 Å². The summed E-state index contributed by atoms with van der Waals surface area (Å²) in [5.41, 5.74) is 6.95. The molecule has 3 heteroatoms. The van der Waals surface area contributed by atoms with Crippen LogP contribution in [0.25, 0.3) is 0 Å². The highest BCUT2D eigenvalue weighted by molar-refractivity contribution is 5.30. The third-order valence-electron chi connectivity index (χ3n) is 2.55. The van der Waals surface area contributed by atoms with Crippen LogP contribution in [0.2, 0.25) is 0 Å². The van der Waals surface area contributed by atoms with Crippen molar-refractivity contribution in [1.29, 1.82) is 0 Å². The Bertz CT molecular complexity index is 339. The van der Waals surface area contributed by atoms with Gasteiger partial charge >= 0.3 is 0 Å². The van der Waals surface area contributed by atoms with E-state index in [1.54, 1.807) is 0 Å². The topological polar surface area (TPSA) is 47.3 Å². The molecule has 0 radical (unpaired) electrons. The first kappa shape index (κ1) is 13.7. The van der Waals surface area contributed by atoms with Crippen LogP contribution in [-0.2, 0) is 0 Å². The molecule has 1 aromatic carbocycles. The number of hydrogen-bond acceptors (Lipinski definition) is 3. The van der Waals surface area contributed by atoms with Crippen molar-refractivity contribution in [3.8, 4) is 5.75 Å². The molecule has 1 unspecified atom stereocenters. The van der Waals surface area contributed by atoms with E-state index in [0.717, 1.165) is 18.7 Å². The first-order valence-electron chi connectivity index (χ1n) is 6.09. The minimum absolute atomic E-state index is 0.176. The molecule has 94 valence electrons. The highest BCUT2D eigenvalue weighted by atomic mass is 16.5. The maximum atomic E-state index is 5.78. The minimum Gasteiger partial charge on any atom is -0.494 e. The highest BCUT2D eigenvalue weighted by Gasteiger charge is 2.08. The Morgan fingerprint density at radius 2 is 2.35 bits per heavy atom. The number of ether oxygens (including phenoxy) is 1. The van der Waals surface area contributed by atoms with Gasteiger partial charge in [0.2, 0.25) is 0 Å². The molecule has 1 aromatic rings. The largest absolute Gasteiger partial charge is 0.494 e. The lowest BCUT2D eigenvalue weighted by Gasteiger charge is -2.17. The Labute approximate surface area is 104 Å². The van der Waals surface area contributed by atoms with Crippen molar-refractivity contribution in [2.45, 2.75) is 19.4 Å². The summed E-state index contributed by atoms with van der Waals surface area (Å²) in [6.45, 7) is 7.84. The van der Waals surface area contributed by atoms with E-state index >= 15 is 0 Å². The smallest absolute Gasteiger partial charge is 0.119 e. The normalized spacial score (nSPS) is 12.1. The second-order valence-electron chi connectivity index (χ2n) is 3.83. The third-order valence-corrected chi connectivity index (χ3v) is 2.55. The van der Waals surface area contributed by atoms with E-state index in [2.05, 4.69) is 18.0 Å². The van der Waals surface area contributed by atoms with Gasteiger partial charge < -0.3 is 15.8 Å². The molecule has 0 amide bonds. The van der Waals surface area contributed by atoms with Gasteiger partial charge in [-0.3, -0.25) is 0 Å². The van der Waals surface area contributed by atoms with E-state index in [-0.39, 0.29) is 6.04 Å². The van der Waals surface area contributed by atoms with E-state index in [9.17, 15) is 0 Å². The lowest BCUT2D eigenvalue weighted by atomic mass is 10.1. The van der Waals surface area contributed by atoms with Gasteiger partial charge in [0, 0.05) is 12.6 Å². The van der Waals surface area contributed by atoms with Gasteiger partial charge in [-0.25, -0.2) is 0 Å². The Hall–Kier alpha value is -1.32. The molecule has 3 nitrogen and oxygen atoms in total. The van der Waals surface area contributed by atoms with Crippen LogP contribution in [0.15, 0.2) is 36.9 Å². The van der Waals surface area contributed by atoms with Crippen molar-refractivity contribution in [1.82, 2.24) is 5.32 Å². The van der Waals surface area contributed by atoms with Gasteiger partial charge in [-0.05, 0) is 37.6 Å². The van der Waals surface area contributed by atoms with Crippen molar-refractivity contribution in [3.63, 3.8) is 0 Å². The van der Waals surface area contributed by atoms with Crippen molar-refractivity contribution in [3.05, 3.63) is 42.5 Å². The number of benzene rings is 1. The van der Waals surface area contributed by atoms with Gasteiger partial charge in [0.15, 0.2) is 0 Å². The summed E-state index contributed by atoms with van der Waals surface area (Å²) in [7, 11) is 0. The summed E-state index contributed by atoms with van der Waals surface area (Å²) < 4.78 is 5.48. The van der Waals surface area contributed by atoms with Crippen LogP contribution < -0.4 is 15.8 Å². The molecule has 0 aliphatic heterocycles. The van der Waals surface area contributed by atoms with Crippen LogP contribution in [0, 0.1) is 0 Å². The van der Waals surface area contributed by atoms with Crippen molar-refractivity contribution >= 4 is 0 Å². The molecule has 0 saturated heterocycles. The quantitative estimate of drug-likeness (QED) is 0.536. The van der Waals surface area contributed by atoms with Gasteiger partial charge in [0.05, 0.1) is 6.61 Å². The van der Waals surface area contributed by atoms with E-state index < -0.39 is 0 Å². The first-order valence-corrected chi connectivity index (χ1v) is 6.09. The fraction of sp³-hybridized carbons (Fsp3) is 0.429. The summed E-state index contributed by atoms with van der Waals surface area (Å²) in [4.78, 5) is 0. The zero-order chi connectivity index (χ0) is 12.5. The summed E-state index contributed by atoms with van der Waals surface area (Å²) in [6, 6.07) is 8.25. The van der Waals surface area contributed by atoms with Crippen LogP contribution in [0.4, 0.5) is 0 Å². The van der Waals surface area contributed by atoms with Crippen molar-refractivity contribution < 1.29 is 4.74 Å². The summed E-state index contributed by atoms with van der Waals surface area (Å²) in [5, 5.41) is 3.40. The van der Waals surface area contributed by atoms with Gasteiger partial charge in [0.25, 0.3) is 0 Å². The predicted molar refractivity (Wildman–Crippen MR) is 72.2 cm³/mol. The molecule has 1 rings (SSSR count).